The molecule has 0 aromatic carbocycles. The molecule has 88 valence electrons. The lowest BCUT2D eigenvalue weighted by atomic mass is 10.3. The molecular formula is C10H13NO4S. The van der Waals surface area contributed by atoms with Crippen LogP contribution in [-0.4, -0.2) is 35.0 Å². The lowest BCUT2D eigenvalue weighted by Gasteiger charge is -2.10. The summed E-state index contributed by atoms with van der Waals surface area (Å²) in [5.74, 6) is -1.00. The fourth-order valence-corrected chi connectivity index (χ4v) is 1.74. The van der Waals surface area contributed by atoms with E-state index in [1.807, 2.05) is 13.2 Å². The van der Waals surface area contributed by atoms with Crippen LogP contribution in [0.4, 0.5) is 0 Å². The number of thioether (sulfide) groups is 1. The molecule has 6 heteroatoms. The van der Waals surface area contributed by atoms with Gasteiger partial charge in [-0.25, -0.2) is 4.79 Å². The molecule has 1 aromatic rings. The van der Waals surface area contributed by atoms with Crippen LogP contribution in [0.1, 0.15) is 28.0 Å². The van der Waals surface area contributed by atoms with Crippen LogP contribution in [0.2, 0.25) is 0 Å². The third-order valence-electron chi connectivity index (χ3n) is 1.83. The standard InChI is InChI=1S/C10H13NO4S/c1-6(5-16-2)11-9(12)7-3-4-8(15-7)10(13)14/h3-4,6H,5H2,1-2H3,(H,11,12)(H,13,14). The molecule has 2 N–H and O–H groups in total. The van der Waals surface area contributed by atoms with Gasteiger partial charge in [0.15, 0.2) is 5.76 Å². The maximum atomic E-state index is 11.6. The zero-order valence-electron chi connectivity index (χ0n) is 9.02. The van der Waals surface area contributed by atoms with Crippen molar-refractivity contribution in [3.8, 4) is 0 Å². The number of hydrogen-bond acceptors (Lipinski definition) is 4. The Morgan fingerprint density at radius 1 is 1.50 bits per heavy atom. The lowest BCUT2D eigenvalue weighted by molar-refractivity contribution is 0.0659. The van der Waals surface area contributed by atoms with Crippen molar-refractivity contribution >= 4 is 23.6 Å². The summed E-state index contributed by atoms with van der Waals surface area (Å²) in [6.45, 7) is 1.87. The molecule has 0 saturated carbocycles. The molecule has 0 radical (unpaired) electrons. The monoisotopic (exact) mass is 243 g/mol. The molecule has 0 aliphatic rings. The highest BCUT2D eigenvalue weighted by Crippen LogP contribution is 2.08. The predicted molar refractivity (Wildman–Crippen MR) is 61.0 cm³/mol. The third kappa shape index (κ3) is 3.30. The Labute approximate surface area is 97.2 Å². The summed E-state index contributed by atoms with van der Waals surface area (Å²) < 4.78 is 4.87. The van der Waals surface area contributed by atoms with Crippen LogP contribution in [0.25, 0.3) is 0 Å². The van der Waals surface area contributed by atoms with Gasteiger partial charge in [0.1, 0.15) is 0 Å². The van der Waals surface area contributed by atoms with Crippen molar-refractivity contribution < 1.29 is 19.1 Å². The first-order valence-electron chi connectivity index (χ1n) is 4.67. The lowest BCUT2D eigenvalue weighted by Crippen LogP contribution is -2.33. The van der Waals surface area contributed by atoms with Crippen molar-refractivity contribution in [1.82, 2.24) is 5.32 Å². The van der Waals surface area contributed by atoms with Gasteiger partial charge in [-0.3, -0.25) is 4.79 Å². The Hall–Kier alpha value is -1.43. The van der Waals surface area contributed by atoms with Crippen LogP contribution < -0.4 is 5.32 Å². The SMILES string of the molecule is CSCC(C)NC(=O)c1ccc(C(=O)O)o1. The van der Waals surface area contributed by atoms with Crippen LogP contribution in [0.5, 0.6) is 0 Å². The Morgan fingerprint density at radius 2 is 2.12 bits per heavy atom. The first kappa shape index (κ1) is 12.6. The van der Waals surface area contributed by atoms with E-state index in [1.54, 1.807) is 11.8 Å². The van der Waals surface area contributed by atoms with Crippen molar-refractivity contribution in [2.75, 3.05) is 12.0 Å². The summed E-state index contributed by atoms with van der Waals surface area (Å²) in [5, 5.41) is 11.3. The number of carbonyl (C=O) groups is 2. The van der Waals surface area contributed by atoms with E-state index in [9.17, 15) is 9.59 Å². The van der Waals surface area contributed by atoms with E-state index >= 15 is 0 Å². The minimum Gasteiger partial charge on any atom is -0.475 e. The molecule has 0 fully saturated rings. The number of aromatic carboxylic acids is 1. The Bertz CT molecular complexity index is 388. The summed E-state index contributed by atoms with van der Waals surface area (Å²) >= 11 is 1.62. The minimum atomic E-state index is -1.18. The summed E-state index contributed by atoms with van der Waals surface area (Å²) in [7, 11) is 0. The number of carboxylic acid groups (broad SMARTS) is 1. The van der Waals surface area contributed by atoms with E-state index < -0.39 is 11.9 Å². The van der Waals surface area contributed by atoms with Crippen molar-refractivity contribution in [3.05, 3.63) is 23.7 Å². The smallest absolute Gasteiger partial charge is 0.371 e. The van der Waals surface area contributed by atoms with E-state index in [4.69, 9.17) is 9.52 Å². The molecule has 0 bridgehead atoms. The maximum absolute atomic E-state index is 11.6. The van der Waals surface area contributed by atoms with Crippen LogP contribution in [0.3, 0.4) is 0 Å². The topological polar surface area (TPSA) is 79.5 Å². The van der Waals surface area contributed by atoms with Crippen LogP contribution in [0.15, 0.2) is 16.5 Å². The molecule has 1 unspecified atom stereocenters. The van der Waals surface area contributed by atoms with Crippen LogP contribution in [0, 0.1) is 0 Å². The second kappa shape index (κ2) is 5.60. The highest BCUT2D eigenvalue weighted by atomic mass is 32.2. The Morgan fingerprint density at radius 3 is 2.62 bits per heavy atom. The molecule has 16 heavy (non-hydrogen) atoms. The zero-order chi connectivity index (χ0) is 12.1. The van der Waals surface area contributed by atoms with E-state index in [-0.39, 0.29) is 17.6 Å². The Kier molecular flexibility index (Phi) is 4.42. The first-order valence-corrected chi connectivity index (χ1v) is 6.07. The van der Waals surface area contributed by atoms with Gasteiger partial charge in [0, 0.05) is 11.8 Å². The number of furan rings is 1. The van der Waals surface area contributed by atoms with Gasteiger partial charge in [0.2, 0.25) is 5.76 Å². The van der Waals surface area contributed by atoms with E-state index in [2.05, 4.69) is 5.32 Å². The maximum Gasteiger partial charge on any atom is 0.371 e. The van der Waals surface area contributed by atoms with Gasteiger partial charge in [-0.1, -0.05) is 0 Å². The average molecular weight is 243 g/mol. The summed E-state index contributed by atoms with van der Waals surface area (Å²) in [6, 6.07) is 2.63. The van der Waals surface area contributed by atoms with Crippen molar-refractivity contribution in [3.63, 3.8) is 0 Å². The normalized spacial score (nSPS) is 12.1. The van der Waals surface area contributed by atoms with Crippen LogP contribution in [-0.2, 0) is 0 Å². The second-order valence-electron chi connectivity index (χ2n) is 3.30. The number of carboxylic acids is 1. The molecule has 1 rings (SSSR count). The molecule has 1 amide bonds. The molecule has 0 spiro atoms. The highest BCUT2D eigenvalue weighted by molar-refractivity contribution is 7.98. The molecule has 0 aliphatic heterocycles. The molecule has 1 atom stereocenters. The molecule has 0 aliphatic carbocycles. The van der Waals surface area contributed by atoms with Gasteiger partial charge >= 0.3 is 5.97 Å². The Balaban J connectivity index is 2.62. The van der Waals surface area contributed by atoms with Gasteiger partial charge in [-0.15, -0.1) is 0 Å². The summed E-state index contributed by atoms with van der Waals surface area (Å²) in [6.07, 6.45) is 1.94. The number of nitrogens with one attached hydrogen (secondary N) is 1. The van der Waals surface area contributed by atoms with Gasteiger partial charge in [-0.2, -0.15) is 11.8 Å². The molecule has 0 saturated heterocycles. The second-order valence-corrected chi connectivity index (χ2v) is 4.21. The number of hydrogen-bond donors (Lipinski definition) is 2. The number of rotatable bonds is 5. The quantitative estimate of drug-likeness (QED) is 0.818. The fraction of sp³-hybridized carbons (Fsp3) is 0.400. The van der Waals surface area contributed by atoms with E-state index in [1.165, 1.54) is 12.1 Å². The van der Waals surface area contributed by atoms with Crippen molar-refractivity contribution in [1.29, 1.82) is 0 Å². The first-order chi connectivity index (χ1) is 7.54. The van der Waals surface area contributed by atoms with Gasteiger partial charge in [-0.05, 0) is 25.3 Å². The third-order valence-corrected chi connectivity index (χ3v) is 2.67. The van der Waals surface area contributed by atoms with Gasteiger partial charge in [0.25, 0.3) is 5.91 Å². The highest BCUT2D eigenvalue weighted by Gasteiger charge is 2.16. The number of carbonyl (C=O) groups excluding carboxylic acids is 1. The predicted octanol–water partition coefficient (Wildman–Crippen LogP) is 1.46. The average Bonchev–Trinajstić information content (AvgIpc) is 2.66. The molecule has 5 nitrogen and oxygen atoms in total. The number of amides is 1. The van der Waals surface area contributed by atoms with Gasteiger partial charge < -0.3 is 14.8 Å². The van der Waals surface area contributed by atoms with Crippen LogP contribution >= 0.6 is 11.8 Å². The molecule has 1 aromatic heterocycles. The van der Waals surface area contributed by atoms with E-state index in [0.717, 1.165) is 5.75 Å². The minimum absolute atomic E-state index is 0.0147. The largest absolute Gasteiger partial charge is 0.475 e. The summed E-state index contributed by atoms with van der Waals surface area (Å²) in [4.78, 5) is 22.1. The molecule has 1 heterocycles. The van der Waals surface area contributed by atoms with Crippen molar-refractivity contribution in [2.45, 2.75) is 13.0 Å². The fourth-order valence-electron chi connectivity index (χ4n) is 1.16. The molecular weight excluding hydrogens is 230 g/mol. The van der Waals surface area contributed by atoms with Crippen molar-refractivity contribution in [2.24, 2.45) is 0 Å². The van der Waals surface area contributed by atoms with Gasteiger partial charge in [0.05, 0.1) is 0 Å². The van der Waals surface area contributed by atoms with E-state index in [0.29, 0.717) is 0 Å². The summed E-state index contributed by atoms with van der Waals surface area (Å²) in [5.41, 5.74) is 0. The zero-order valence-corrected chi connectivity index (χ0v) is 9.84.